The van der Waals surface area contributed by atoms with Crippen molar-refractivity contribution in [2.45, 2.75) is 73.9 Å². The molecule has 4 amide bonds. The van der Waals surface area contributed by atoms with E-state index in [2.05, 4.69) is 0 Å². The van der Waals surface area contributed by atoms with Crippen molar-refractivity contribution in [1.29, 1.82) is 0 Å². The Morgan fingerprint density at radius 2 is 1.83 bits per heavy atom. The van der Waals surface area contributed by atoms with E-state index >= 15 is 0 Å². The summed E-state index contributed by atoms with van der Waals surface area (Å²) in [6, 6.07) is 1.53. The van der Waals surface area contributed by atoms with Crippen LogP contribution in [0.2, 0.25) is 0 Å². The molecule has 2 atom stereocenters. The lowest BCUT2D eigenvalue weighted by Gasteiger charge is -2.36. The largest absolute Gasteiger partial charge is 0.467 e. The van der Waals surface area contributed by atoms with Crippen molar-refractivity contribution in [2.75, 3.05) is 36.7 Å². The molecule has 0 bridgehead atoms. The molecule has 3 rings (SSSR count). The van der Waals surface area contributed by atoms with Crippen LogP contribution in [0.3, 0.4) is 0 Å². The second-order valence-electron chi connectivity index (χ2n) is 9.28. The van der Waals surface area contributed by atoms with E-state index < -0.39 is 29.5 Å². The van der Waals surface area contributed by atoms with Gasteiger partial charge in [0.1, 0.15) is 12.1 Å². The van der Waals surface area contributed by atoms with Crippen molar-refractivity contribution in [3.05, 3.63) is 23.3 Å². The highest BCUT2D eigenvalue weighted by atomic mass is 16.5. The average molecular weight is 490 g/mol. The summed E-state index contributed by atoms with van der Waals surface area (Å²) in [4.78, 5) is 56.4. The lowest BCUT2D eigenvalue weighted by atomic mass is 9.87. The molecular weight excluding hydrogens is 450 g/mol. The molecule has 2 aliphatic rings. The van der Waals surface area contributed by atoms with Gasteiger partial charge < -0.3 is 14.4 Å². The number of esters is 1. The zero-order valence-corrected chi connectivity index (χ0v) is 22.4. The van der Waals surface area contributed by atoms with Crippen LogP contribution in [0.25, 0.3) is 0 Å². The summed E-state index contributed by atoms with van der Waals surface area (Å²) in [6.45, 7) is 15.7. The summed E-state index contributed by atoms with van der Waals surface area (Å²) in [5.74, 6) is -1.16. The van der Waals surface area contributed by atoms with Crippen LogP contribution in [0.5, 0.6) is 0 Å². The Balaban J connectivity index is 0.00000210. The number of fused-ring (bicyclic) bond motifs is 1. The Bertz CT molecular complexity index is 966. The fraction of sp³-hybridized carbons (Fsp3) is 0.615. The van der Waals surface area contributed by atoms with Gasteiger partial charge in [-0.05, 0) is 44.4 Å². The molecule has 35 heavy (non-hydrogen) atoms. The number of amides is 4. The van der Waals surface area contributed by atoms with Gasteiger partial charge in [-0.3, -0.25) is 14.5 Å². The van der Waals surface area contributed by atoms with Gasteiger partial charge in [-0.15, -0.1) is 0 Å². The number of nitrogens with zero attached hydrogens (tertiary/aromatic N) is 3. The van der Waals surface area contributed by atoms with E-state index in [0.29, 0.717) is 36.5 Å². The first-order chi connectivity index (χ1) is 16.5. The molecule has 1 aromatic carbocycles. The van der Waals surface area contributed by atoms with Gasteiger partial charge in [0, 0.05) is 17.6 Å². The molecule has 0 saturated carbocycles. The minimum atomic E-state index is -0.896. The number of rotatable bonds is 6. The second kappa shape index (κ2) is 11.2. The molecule has 1 aromatic rings. The van der Waals surface area contributed by atoms with E-state index in [1.165, 1.54) is 16.9 Å². The van der Waals surface area contributed by atoms with E-state index in [9.17, 15) is 19.2 Å². The monoisotopic (exact) mass is 489 g/mol. The molecule has 2 heterocycles. The summed E-state index contributed by atoms with van der Waals surface area (Å²) in [5.41, 5.74) is 1.57. The highest BCUT2D eigenvalue weighted by Crippen LogP contribution is 2.37. The maximum Gasteiger partial charge on any atom is 0.332 e. The number of anilines is 2. The summed E-state index contributed by atoms with van der Waals surface area (Å²) in [7, 11) is 1.28. The predicted octanol–water partition coefficient (Wildman–Crippen LogP) is 3.83. The molecule has 9 heteroatoms. The van der Waals surface area contributed by atoms with Crippen LogP contribution in [0.1, 0.15) is 59.1 Å². The van der Waals surface area contributed by atoms with Gasteiger partial charge in [-0.2, -0.15) is 0 Å². The second-order valence-corrected chi connectivity index (χ2v) is 9.28. The van der Waals surface area contributed by atoms with Crippen LogP contribution in [-0.4, -0.2) is 67.7 Å². The van der Waals surface area contributed by atoms with Gasteiger partial charge in [0.25, 0.3) is 5.91 Å². The van der Waals surface area contributed by atoms with Gasteiger partial charge in [0.05, 0.1) is 26.0 Å². The number of hydrogen-bond acceptors (Lipinski definition) is 6. The Kier molecular flexibility index (Phi) is 9.06. The van der Waals surface area contributed by atoms with Crippen LogP contribution in [0.4, 0.5) is 16.2 Å². The molecule has 0 N–H and O–H groups in total. The van der Waals surface area contributed by atoms with Crippen LogP contribution in [-0.2, 0) is 23.9 Å². The van der Waals surface area contributed by atoms with E-state index in [1.54, 1.807) is 13.0 Å². The summed E-state index contributed by atoms with van der Waals surface area (Å²) < 4.78 is 10.3. The Morgan fingerprint density at radius 3 is 2.37 bits per heavy atom. The fourth-order valence-electron chi connectivity index (χ4n) is 4.21. The molecule has 2 unspecified atom stereocenters. The number of morpholine rings is 1. The zero-order valence-electron chi connectivity index (χ0n) is 22.4. The minimum absolute atomic E-state index is 0.160. The molecule has 0 spiro atoms. The summed E-state index contributed by atoms with van der Waals surface area (Å²) in [5, 5.41) is 0. The lowest BCUT2D eigenvalue weighted by molar-refractivity contribution is -0.144. The standard InChI is InChI=1S/C24H33N3O6.C2H6/c1-8-24(5,6)22(30)26(16(4)21(29)32-7)17-12-18(15(3)11-14(17)2)27-20(28)19-13-33-10-9-25(19)23(27)31;1-2/h11-12,16,19H,8-10,13H2,1-7H3;1-2H3. The third-order valence-electron chi connectivity index (χ3n) is 6.70. The first-order valence-electron chi connectivity index (χ1n) is 12.2. The van der Waals surface area contributed by atoms with E-state index in [-0.39, 0.29) is 18.4 Å². The predicted molar refractivity (Wildman–Crippen MR) is 134 cm³/mol. The number of aryl methyl sites for hydroxylation is 2. The van der Waals surface area contributed by atoms with Gasteiger partial charge in [0.15, 0.2) is 0 Å². The number of ether oxygens (including phenoxy) is 2. The third-order valence-corrected chi connectivity index (χ3v) is 6.70. The highest BCUT2D eigenvalue weighted by Gasteiger charge is 2.48. The van der Waals surface area contributed by atoms with E-state index in [1.807, 2.05) is 54.5 Å². The van der Waals surface area contributed by atoms with Crippen molar-refractivity contribution >= 4 is 35.2 Å². The molecule has 0 aromatic heterocycles. The smallest absolute Gasteiger partial charge is 0.332 e. The molecule has 2 fully saturated rings. The molecule has 9 nitrogen and oxygen atoms in total. The first-order valence-corrected chi connectivity index (χ1v) is 12.2. The van der Waals surface area contributed by atoms with Gasteiger partial charge >= 0.3 is 12.0 Å². The van der Waals surface area contributed by atoms with Crippen LogP contribution < -0.4 is 9.80 Å². The fourth-order valence-corrected chi connectivity index (χ4v) is 4.21. The highest BCUT2D eigenvalue weighted by molar-refractivity contribution is 6.22. The van der Waals surface area contributed by atoms with Crippen molar-refractivity contribution in [2.24, 2.45) is 5.41 Å². The first kappa shape index (κ1) is 28.3. The van der Waals surface area contributed by atoms with Crippen LogP contribution in [0, 0.1) is 19.3 Å². The Labute approximate surface area is 208 Å². The maximum absolute atomic E-state index is 13.6. The Hall–Kier alpha value is -2.94. The topological polar surface area (TPSA) is 96.5 Å². The summed E-state index contributed by atoms with van der Waals surface area (Å²) >= 11 is 0. The van der Waals surface area contributed by atoms with Crippen molar-refractivity contribution in [3.63, 3.8) is 0 Å². The molecule has 0 radical (unpaired) electrons. The van der Waals surface area contributed by atoms with Crippen molar-refractivity contribution < 1.29 is 28.7 Å². The van der Waals surface area contributed by atoms with Gasteiger partial charge in [-0.25, -0.2) is 14.5 Å². The number of hydrogen-bond donors (Lipinski definition) is 0. The maximum atomic E-state index is 13.6. The third kappa shape index (κ3) is 5.19. The number of imide groups is 1. The van der Waals surface area contributed by atoms with Crippen molar-refractivity contribution in [3.8, 4) is 0 Å². The number of carbonyl (C=O) groups is 4. The van der Waals surface area contributed by atoms with E-state index in [0.717, 1.165) is 10.5 Å². The quantitative estimate of drug-likeness (QED) is 0.445. The minimum Gasteiger partial charge on any atom is -0.467 e. The zero-order chi connectivity index (χ0) is 26.7. The summed E-state index contributed by atoms with van der Waals surface area (Å²) in [6.07, 6.45) is 0.563. The van der Waals surface area contributed by atoms with Crippen LogP contribution >= 0.6 is 0 Å². The van der Waals surface area contributed by atoms with Gasteiger partial charge in [-0.1, -0.05) is 40.7 Å². The number of urea groups is 1. The lowest BCUT2D eigenvalue weighted by Crippen LogP contribution is -2.49. The SMILES string of the molecule is CC.CCC(C)(C)C(=O)N(c1cc(N2C(=O)C3COCCN3C2=O)c(C)cc1C)C(C)C(=O)OC. The van der Waals surface area contributed by atoms with Crippen molar-refractivity contribution in [1.82, 2.24) is 4.90 Å². The molecule has 2 aliphatic heterocycles. The normalized spacial score (nSPS) is 18.5. The number of methoxy groups -OCH3 is 1. The van der Waals surface area contributed by atoms with Gasteiger partial charge in [0.2, 0.25) is 5.91 Å². The number of benzene rings is 1. The molecule has 2 saturated heterocycles. The van der Waals surface area contributed by atoms with Crippen LogP contribution in [0.15, 0.2) is 12.1 Å². The molecule has 0 aliphatic carbocycles. The molecular formula is C26H39N3O6. The molecule has 194 valence electrons. The Morgan fingerprint density at radius 1 is 1.20 bits per heavy atom. The van der Waals surface area contributed by atoms with E-state index in [4.69, 9.17) is 9.47 Å². The number of carbonyl (C=O) groups excluding carboxylic acids is 4. The average Bonchev–Trinajstić information content (AvgIpc) is 3.11.